The van der Waals surface area contributed by atoms with Gasteiger partial charge in [-0.05, 0) is 36.6 Å². The van der Waals surface area contributed by atoms with E-state index in [-0.39, 0.29) is 13.1 Å². The Morgan fingerprint density at radius 3 is 2.55 bits per heavy atom. The summed E-state index contributed by atoms with van der Waals surface area (Å²) in [6, 6.07) is 9.19. The van der Waals surface area contributed by atoms with Gasteiger partial charge < -0.3 is 15.2 Å². The molecule has 2 aromatic heterocycles. The molecule has 0 saturated heterocycles. The summed E-state index contributed by atoms with van der Waals surface area (Å²) in [5.41, 5.74) is -0.401. The average Bonchev–Trinajstić information content (AvgIpc) is 2.73. The van der Waals surface area contributed by atoms with E-state index < -0.39 is 24.2 Å². The van der Waals surface area contributed by atoms with E-state index in [4.69, 9.17) is 14.6 Å². The number of fused-ring (bicyclic) bond motifs is 1. The third-order valence-electron chi connectivity index (χ3n) is 4.73. The largest absolute Gasteiger partial charge is 0.492 e. The molecule has 1 aliphatic rings. The number of nitrogens with one attached hydrogen (secondary N) is 1. The lowest BCUT2D eigenvalue weighted by Gasteiger charge is -2.41. The fourth-order valence-corrected chi connectivity index (χ4v) is 3.31. The lowest BCUT2D eigenvalue weighted by molar-refractivity contribution is -0.148. The van der Waals surface area contributed by atoms with Gasteiger partial charge in [-0.25, -0.2) is 23.7 Å². The number of anilines is 2. The van der Waals surface area contributed by atoms with E-state index in [0.717, 1.165) is 10.8 Å². The molecule has 4 rings (SSSR count). The molecule has 3 aromatic rings. The van der Waals surface area contributed by atoms with Gasteiger partial charge in [0.25, 0.3) is 12.4 Å². The predicted molar refractivity (Wildman–Crippen MR) is 108 cm³/mol. The molecule has 0 amide bonds. The fraction of sp³-hybridized carbons (Fsp3) is 0.286. The van der Waals surface area contributed by atoms with Crippen molar-refractivity contribution in [2.45, 2.75) is 25.7 Å². The van der Waals surface area contributed by atoms with Crippen LogP contribution in [0.1, 0.15) is 18.7 Å². The van der Waals surface area contributed by atoms with Gasteiger partial charge in [0.05, 0.1) is 24.2 Å². The summed E-state index contributed by atoms with van der Waals surface area (Å²) < 4.78 is 32.0. The van der Waals surface area contributed by atoms with E-state index in [9.17, 15) is 14.0 Å². The second-order valence-corrected chi connectivity index (χ2v) is 7.18. The van der Waals surface area contributed by atoms with Gasteiger partial charge in [-0.15, -0.1) is 0 Å². The molecule has 0 radical (unpaired) electrons. The first-order valence-corrected chi connectivity index (χ1v) is 9.24. The number of nitrogens with zero attached hydrogens (tertiary/aromatic N) is 4. The molecule has 1 saturated carbocycles. The molecule has 0 atom stereocenters. The van der Waals surface area contributed by atoms with Crippen molar-refractivity contribution in [3.63, 3.8) is 0 Å². The molecule has 10 heteroatoms. The number of aryl methyl sites for hydroxylation is 1. The summed E-state index contributed by atoms with van der Waals surface area (Å²) in [5, 5.41) is 21.0. The van der Waals surface area contributed by atoms with Gasteiger partial charge in [0.15, 0.2) is 0 Å². The van der Waals surface area contributed by atoms with Crippen molar-refractivity contribution in [2.75, 3.05) is 11.9 Å². The molecule has 1 fully saturated rings. The highest BCUT2D eigenvalue weighted by atomic mass is 19.3. The highest BCUT2D eigenvalue weighted by molar-refractivity contribution is 5.93. The molecule has 1 aromatic carbocycles. The number of hydrogen-bond donors (Lipinski definition) is 2. The number of alkyl halides is 2. The van der Waals surface area contributed by atoms with Crippen LogP contribution in [0, 0.1) is 23.7 Å². The summed E-state index contributed by atoms with van der Waals surface area (Å²) in [6.07, 6.45) is 4.10. The van der Waals surface area contributed by atoms with Gasteiger partial charge in [0.2, 0.25) is 0 Å². The normalized spacial score (nSPS) is 15.5. The summed E-state index contributed by atoms with van der Waals surface area (Å²) in [4.78, 5) is 21.0. The third kappa shape index (κ3) is 5.19. The number of rotatable bonds is 5. The van der Waals surface area contributed by atoms with E-state index in [2.05, 4.69) is 20.3 Å². The van der Waals surface area contributed by atoms with E-state index in [1.165, 1.54) is 0 Å². The number of carbonyl (C=O) groups is 1. The lowest BCUT2D eigenvalue weighted by Crippen LogP contribution is -2.48. The maximum atomic E-state index is 13.2. The SMILES string of the molecule is Cc1ncc(Nc2nccc3cc(OCC4(C#N)CC(F)(F)C4)ccc23)cn1.O=CO. The Hall–Kier alpha value is -3.87. The van der Waals surface area contributed by atoms with Gasteiger partial charge in [0.1, 0.15) is 29.4 Å². The molecule has 8 nitrogen and oxygen atoms in total. The Labute approximate surface area is 176 Å². The number of aromatic nitrogens is 3. The molecule has 0 aliphatic heterocycles. The Morgan fingerprint density at radius 1 is 1.26 bits per heavy atom. The van der Waals surface area contributed by atoms with E-state index in [0.29, 0.717) is 23.1 Å². The number of nitriles is 1. The fourth-order valence-electron chi connectivity index (χ4n) is 3.31. The van der Waals surface area contributed by atoms with Crippen LogP contribution in [0.3, 0.4) is 0 Å². The van der Waals surface area contributed by atoms with E-state index in [1.54, 1.807) is 30.7 Å². The highest BCUT2D eigenvalue weighted by Gasteiger charge is 2.57. The van der Waals surface area contributed by atoms with Crippen molar-refractivity contribution in [2.24, 2.45) is 5.41 Å². The molecular weight excluding hydrogens is 408 g/mol. The second-order valence-electron chi connectivity index (χ2n) is 7.18. The van der Waals surface area contributed by atoms with E-state index in [1.807, 2.05) is 25.1 Å². The number of pyridine rings is 1. The van der Waals surface area contributed by atoms with Crippen molar-refractivity contribution in [3.05, 3.63) is 48.7 Å². The minimum Gasteiger partial charge on any atom is -0.492 e. The van der Waals surface area contributed by atoms with Gasteiger partial charge in [-0.1, -0.05) is 0 Å². The van der Waals surface area contributed by atoms with E-state index >= 15 is 0 Å². The van der Waals surface area contributed by atoms with Crippen LogP contribution in [0.4, 0.5) is 20.3 Å². The van der Waals surface area contributed by atoms with Crippen LogP contribution in [-0.4, -0.2) is 39.1 Å². The summed E-state index contributed by atoms with van der Waals surface area (Å²) in [6.45, 7) is 1.50. The summed E-state index contributed by atoms with van der Waals surface area (Å²) in [7, 11) is 0. The number of hydrogen-bond acceptors (Lipinski definition) is 7. The van der Waals surface area contributed by atoms with Gasteiger partial charge in [-0.3, -0.25) is 4.79 Å². The van der Waals surface area contributed by atoms with Crippen LogP contribution < -0.4 is 10.1 Å². The standard InChI is InChI=1S/C20H17F2N5O.CH2O2/c1-13-25-7-15(8-26-13)27-18-17-3-2-16(6-14(17)4-5-24-18)28-12-19(11-23)9-20(21,22)10-19;2-1-3/h2-8H,9-10,12H2,1H3,(H,24,27);1H,(H,2,3). The van der Waals surface area contributed by atoms with Gasteiger partial charge in [0, 0.05) is 24.4 Å². The molecule has 0 unspecified atom stereocenters. The maximum absolute atomic E-state index is 13.2. The Kier molecular flexibility index (Phi) is 6.25. The van der Waals surface area contributed by atoms with Crippen LogP contribution in [0.5, 0.6) is 5.75 Å². The van der Waals surface area contributed by atoms with Gasteiger partial charge in [-0.2, -0.15) is 5.26 Å². The Morgan fingerprint density at radius 2 is 1.94 bits per heavy atom. The highest BCUT2D eigenvalue weighted by Crippen LogP contribution is 2.51. The van der Waals surface area contributed by atoms with Crippen LogP contribution in [-0.2, 0) is 4.79 Å². The van der Waals surface area contributed by atoms with Crippen molar-refractivity contribution in [1.29, 1.82) is 5.26 Å². The molecule has 160 valence electrons. The Bertz CT molecular complexity index is 1110. The minimum atomic E-state index is -2.77. The van der Waals surface area contributed by atoms with Crippen LogP contribution in [0.15, 0.2) is 42.9 Å². The molecule has 2 heterocycles. The smallest absolute Gasteiger partial charge is 0.290 e. The third-order valence-corrected chi connectivity index (χ3v) is 4.73. The quantitative estimate of drug-likeness (QED) is 0.584. The topological polar surface area (TPSA) is 121 Å². The molecule has 2 N–H and O–H groups in total. The Balaban J connectivity index is 0.000000858. The number of ether oxygens (including phenoxy) is 1. The van der Waals surface area contributed by atoms with Gasteiger partial charge >= 0.3 is 0 Å². The zero-order valence-corrected chi connectivity index (χ0v) is 16.5. The number of halogens is 2. The summed E-state index contributed by atoms with van der Waals surface area (Å²) in [5.74, 6) is -0.927. The maximum Gasteiger partial charge on any atom is 0.290 e. The van der Waals surface area contributed by atoms with Crippen LogP contribution in [0.25, 0.3) is 10.8 Å². The van der Waals surface area contributed by atoms with Crippen molar-refractivity contribution in [3.8, 4) is 11.8 Å². The first-order valence-electron chi connectivity index (χ1n) is 9.24. The zero-order valence-electron chi connectivity index (χ0n) is 16.5. The first kappa shape index (κ1) is 21.8. The van der Waals surface area contributed by atoms with Crippen LogP contribution in [0.2, 0.25) is 0 Å². The second kappa shape index (κ2) is 8.87. The predicted octanol–water partition coefficient (Wildman–Crippen LogP) is 4.10. The summed E-state index contributed by atoms with van der Waals surface area (Å²) >= 11 is 0. The molecule has 1 aliphatic carbocycles. The van der Waals surface area contributed by atoms with Crippen molar-refractivity contribution >= 4 is 28.7 Å². The number of benzene rings is 1. The molecular formula is C21H19F2N5O3. The first-order chi connectivity index (χ1) is 14.8. The van der Waals surface area contributed by atoms with Crippen LogP contribution >= 0.6 is 0 Å². The monoisotopic (exact) mass is 427 g/mol. The average molecular weight is 427 g/mol. The molecule has 0 spiro atoms. The van der Waals surface area contributed by atoms with Crippen molar-refractivity contribution in [1.82, 2.24) is 15.0 Å². The molecule has 31 heavy (non-hydrogen) atoms. The molecule has 0 bridgehead atoms. The van der Waals surface area contributed by atoms with Crippen molar-refractivity contribution < 1.29 is 23.4 Å². The zero-order chi connectivity index (χ0) is 22.5. The lowest BCUT2D eigenvalue weighted by atomic mass is 9.67. The number of carboxylic acid groups (broad SMARTS) is 1. The minimum absolute atomic E-state index is 0.0541.